The Labute approximate surface area is 142 Å². The van der Waals surface area contributed by atoms with Gasteiger partial charge in [-0.15, -0.1) is 0 Å². The molecule has 1 heterocycles. The lowest BCUT2D eigenvalue weighted by molar-refractivity contribution is 1.18. The number of halogens is 1. The van der Waals surface area contributed by atoms with Crippen LogP contribution in [0.5, 0.6) is 0 Å². The van der Waals surface area contributed by atoms with Crippen LogP contribution in [0.15, 0.2) is 77.0 Å². The molecule has 0 aliphatic carbocycles. The SMILES string of the molecule is [2H]c1c([2H])c([2H])c(-n2c3c([2H])c([2H])c([2H])c([2H])c3c3c([2H])c([2H])c(Br)c([2H])c32)c([2H])c1[2H]. The molecule has 3 aromatic carbocycles. The van der Waals surface area contributed by atoms with Gasteiger partial charge in [-0.25, -0.2) is 0 Å². The number of aromatic nitrogens is 1. The predicted octanol–water partition coefficient (Wildman–Crippen LogP) is 5.55. The van der Waals surface area contributed by atoms with Gasteiger partial charge in [0.25, 0.3) is 0 Å². The maximum absolute atomic E-state index is 8.55. The summed E-state index contributed by atoms with van der Waals surface area (Å²) in [6.07, 6.45) is 0. The summed E-state index contributed by atoms with van der Waals surface area (Å²) < 4.78 is 99.5. The first-order valence-electron chi connectivity index (χ1n) is 11.6. The first-order chi connectivity index (χ1) is 14.8. The highest BCUT2D eigenvalue weighted by Crippen LogP contribution is 2.33. The highest BCUT2D eigenvalue weighted by atomic mass is 79.9. The normalized spacial score (nSPS) is 19.6. The van der Waals surface area contributed by atoms with Crippen molar-refractivity contribution in [3.8, 4) is 5.69 Å². The monoisotopic (exact) mass is 333 g/mol. The lowest BCUT2D eigenvalue weighted by atomic mass is 10.2. The van der Waals surface area contributed by atoms with Crippen molar-refractivity contribution in [1.82, 2.24) is 4.57 Å². The van der Waals surface area contributed by atoms with Crippen molar-refractivity contribution in [2.75, 3.05) is 0 Å². The van der Waals surface area contributed by atoms with E-state index < -0.39 is 66.1 Å². The minimum Gasteiger partial charge on any atom is -0.309 e. The van der Waals surface area contributed by atoms with Crippen LogP contribution in [0.2, 0.25) is 0 Å². The van der Waals surface area contributed by atoms with Gasteiger partial charge in [0.05, 0.1) is 27.5 Å². The summed E-state index contributed by atoms with van der Waals surface area (Å²) in [7, 11) is 0. The standard InChI is InChI=1S/C18H12BrN/c19-13-10-11-16-15-8-4-5-9-17(15)20(18(16)12-13)14-6-2-1-3-7-14/h1-12H/i1D,2D,3D,4D,5D,6D,7D,8D,9D,10D,11D,12D. The highest BCUT2D eigenvalue weighted by Gasteiger charge is 2.11. The average molecular weight is 334 g/mol. The van der Waals surface area contributed by atoms with Crippen LogP contribution in [0, 0.1) is 0 Å². The molecule has 4 rings (SSSR count). The Kier molecular flexibility index (Phi) is 1.07. The molecule has 0 radical (unpaired) electrons. The molecule has 0 atom stereocenters. The topological polar surface area (TPSA) is 4.93 Å². The Bertz CT molecular complexity index is 1400. The molecule has 0 saturated heterocycles. The van der Waals surface area contributed by atoms with Crippen molar-refractivity contribution in [2.24, 2.45) is 0 Å². The van der Waals surface area contributed by atoms with E-state index in [1.165, 1.54) is 0 Å². The molecule has 0 aliphatic rings. The first-order valence-corrected chi connectivity index (χ1v) is 6.40. The lowest BCUT2D eigenvalue weighted by Gasteiger charge is -2.07. The molecule has 0 N–H and O–H groups in total. The van der Waals surface area contributed by atoms with Gasteiger partial charge in [0.1, 0.15) is 0 Å². The lowest BCUT2D eigenvalue weighted by Crippen LogP contribution is -1.92. The van der Waals surface area contributed by atoms with Crippen molar-refractivity contribution >= 4 is 37.7 Å². The molecule has 0 aliphatic heterocycles. The van der Waals surface area contributed by atoms with E-state index in [2.05, 4.69) is 15.9 Å². The fourth-order valence-electron chi connectivity index (χ4n) is 2.07. The van der Waals surface area contributed by atoms with E-state index in [1.54, 1.807) is 0 Å². The molecular weight excluding hydrogens is 310 g/mol. The van der Waals surface area contributed by atoms with Crippen LogP contribution < -0.4 is 0 Å². The van der Waals surface area contributed by atoms with Gasteiger partial charge in [0.2, 0.25) is 0 Å². The van der Waals surface area contributed by atoms with Crippen molar-refractivity contribution in [3.05, 3.63) is 77.0 Å². The molecule has 4 aromatic rings. The summed E-state index contributed by atoms with van der Waals surface area (Å²) >= 11 is 3.08. The van der Waals surface area contributed by atoms with E-state index in [0.717, 1.165) is 4.57 Å². The number of para-hydroxylation sites is 2. The zero-order valence-corrected chi connectivity index (χ0v) is 11.4. The number of rotatable bonds is 1. The van der Waals surface area contributed by atoms with Gasteiger partial charge >= 0.3 is 0 Å². The zero-order valence-electron chi connectivity index (χ0n) is 21.8. The minimum absolute atomic E-state index is 0.0957. The Hall–Kier alpha value is -2.06. The maximum atomic E-state index is 8.55. The molecule has 0 unspecified atom stereocenters. The highest BCUT2D eigenvalue weighted by molar-refractivity contribution is 9.10. The van der Waals surface area contributed by atoms with Crippen LogP contribution in [0.3, 0.4) is 0 Å². The largest absolute Gasteiger partial charge is 0.309 e. The minimum atomic E-state index is -0.661. The number of fused-ring (bicyclic) bond motifs is 3. The number of benzene rings is 3. The van der Waals surface area contributed by atoms with E-state index in [0.29, 0.717) is 0 Å². The number of hydrogen-bond donors (Lipinski definition) is 0. The van der Waals surface area contributed by atoms with Crippen molar-refractivity contribution in [3.63, 3.8) is 0 Å². The van der Waals surface area contributed by atoms with Crippen molar-refractivity contribution in [1.29, 1.82) is 0 Å². The molecule has 0 bridgehead atoms. The van der Waals surface area contributed by atoms with Gasteiger partial charge in [0, 0.05) is 20.9 Å². The van der Waals surface area contributed by atoms with Gasteiger partial charge in [-0.05, 0) is 30.2 Å². The summed E-state index contributed by atoms with van der Waals surface area (Å²) in [6.45, 7) is 0. The van der Waals surface area contributed by atoms with Crippen LogP contribution in [-0.2, 0) is 0 Å². The molecule has 1 nitrogen and oxygen atoms in total. The molecule has 0 spiro atoms. The molecule has 0 fully saturated rings. The summed E-state index contributed by atoms with van der Waals surface area (Å²) in [6, 6.07) is -6.72. The van der Waals surface area contributed by atoms with Crippen LogP contribution in [0.4, 0.5) is 0 Å². The van der Waals surface area contributed by atoms with Gasteiger partial charge in [-0.3, -0.25) is 0 Å². The third-order valence-electron chi connectivity index (χ3n) is 2.84. The van der Waals surface area contributed by atoms with Gasteiger partial charge in [-0.1, -0.05) is 58.2 Å². The third kappa shape index (κ3) is 1.69. The summed E-state index contributed by atoms with van der Waals surface area (Å²) in [4.78, 5) is 0. The Morgan fingerprint density at radius 3 is 2.30 bits per heavy atom. The third-order valence-corrected chi connectivity index (χ3v) is 3.23. The van der Waals surface area contributed by atoms with Crippen molar-refractivity contribution < 1.29 is 16.4 Å². The second kappa shape index (κ2) is 4.50. The zero-order chi connectivity index (χ0) is 24.0. The van der Waals surface area contributed by atoms with Crippen LogP contribution in [0.25, 0.3) is 27.5 Å². The van der Waals surface area contributed by atoms with Gasteiger partial charge in [0.15, 0.2) is 0 Å². The predicted molar refractivity (Wildman–Crippen MR) is 88.5 cm³/mol. The fraction of sp³-hybridized carbons (Fsp3) is 0. The fourth-order valence-corrected chi connectivity index (χ4v) is 2.35. The van der Waals surface area contributed by atoms with E-state index in [-0.39, 0.29) is 38.4 Å². The molecule has 0 amide bonds. The second-order valence-corrected chi connectivity index (χ2v) is 4.74. The molecule has 96 valence electrons. The average Bonchev–Trinajstić information content (AvgIpc) is 3.12. The van der Waals surface area contributed by atoms with E-state index >= 15 is 0 Å². The van der Waals surface area contributed by atoms with Crippen molar-refractivity contribution in [2.45, 2.75) is 0 Å². The van der Waals surface area contributed by atoms with Crippen LogP contribution >= 0.6 is 15.9 Å². The molecule has 1 aromatic heterocycles. The molecule has 0 saturated carbocycles. The quantitative estimate of drug-likeness (QED) is 0.430. The smallest absolute Gasteiger partial charge is 0.0657 e. The molecule has 20 heavy (non-hydrogen) atoms. The number of nitrogens with zero attached hydrogens (tertiary/aromatic N) is 1. The Morgan fingerprint density at radius 2 is 1.45 bits per heavy atom. The van der Waals surface area contributed by atoms with Gasteiger partial charge in [-0.2, -0.15) is 0 Å². The second-order valence-electron chi connectivity index (χ2n) is 3.95. The van der Waals surface area contributed by atoms with E-state index in [4.69, 9.17) is 16.4 Å². The molecule has 2 heteroatoms. The molecular formula is C18H12BrN. The summed E-state index contributed by atoms with van der Waals surface area (Å²) in [5.41, 5.74) is -0.832. The Morgan fingerprint density at radius 1 is 0.750 bits per heavy atom. The van der Waals surface area contributed by atoms with Crippen LogP contribution in [0.1, 0.15) is 16.4 Å². The number of hydrogen-bond acceptors (Lipinski definition) is 0. The van der Waals surface area contributed by atoms with Crippen LogP contribution in [-0.4, -0.2) is 4.57 Å². The van der Waals surface area contributed by atoms with E-state index in [9.17, 15) is 0 Å². The Balaban J connectivity index is 2.50. The maximum Gasteiger partial charge on any atom is 0.0657 e. The first kappa shape index (κ1) is 4.74. The van der Waals surface area contributed by atoms with E-state index in [1.807, 2.05) is 0 Å². The van der Waals surface area contributed by atoms with Gasteiger partial charge < -0.3 is 4.57 Å². The summed E-state index contributed by atoms with van der Waals surface area (Å²) in [5.74, 6) is 0. The summed E-state index contributed by atoms with van der Waals surface area (Å²) in [5, 5.41) is -0.311.